The minimum absolute atomic E-state index is 0.140. The van der Waals surface area contributed by atoms with E-state index in [4.69, 9.17) is 0 Å². The molecule has 0 aliphatic heterocycles. The molecule has 0 aliphatic carbocycles. The lowest BCUT2D eigenvalue weighted by Gasteiger charge is -2.10. The molecule has 0 saturated carbocycles. The van der Waals surface area contributed by atoms with Crippen LogP contribution in [0, 0.1) is 12.7 Å². The Bertz CT molecular complexity index is 864. The summed E-state index contributed by atoms with van der Waals surface area (Å²) in [7, 11) is 0. The summed E-state index contributed by atoms with van der Waals surface area (Å²) >= 11 is 0. The van der Waals surface area contributed by atoms with Gasteiger partial charge in [0.1, 0.15) is 5.82 Å². The van der Waals surface area contributed by atoms with Gasteiger partial charge in [-0.15, -0.1) is 0 Å². The van der Waals surface area contributed by atoms with Gasteiger partial charge in [-0.3, -0.25) is 5.10 Å². The number of rotatable bonds is 5. The molecule has 0 saturated heterocycles. The second-order valence-corrected chi connectivity index (χ2v) is 5.60. The average molecular weight is 339 g/mol. The molecule has 3 rings (SSSR count). The van der Waals surface area contributed by atoms with Crippen LogP contribution < -0.4 is 16.0 Å². The van der Waals surface area contributed by atoms with Crippen LogP contribution in [0.2, 0.25) is 0 Å². The van der Waals surface area contributed by atoms with Crippen molar-refractivity contribution >= 4 is 23.1 Å². The van der Waals surface area contributed by atoms with Gasteiger partial charge < -0.3 is 16.0 Å². The molecule has 0 radical (unpaired) electrons. The van der Waals surface area contributed by atoms with Crippen LogP contribution in [-0.4, -0.2) is 16.2 Å². The number of halogens is 1. The molecular formula is C18H18FN5O. The summed E-state index contributed by atoms with van der Waals surface area (Å²) in [6.45, 7) is 2.37. The minimum Gasteiger partial charge on any atom is -0.378 e. The molecule has 25 heavy (non-hydrogen) atoms. The van der Waals surface area contributed by atoms with Gasteiger partial charge >= 0.3 is 6.03 Å². The second kappa shape index (κ2) is 7.48. The first-order valence-electron chi connectivity index (χ1n) is 7.76. The van der Waals surface area contributed by atoms with Crippen LogP contribution in [0.4, 0.5) is 26.2 Å². The molecule has 1 aromatic heterocycles. The summed E-state index contributed by atoms with van der Waals surface area (Å²) in [5, 5.41) is 15.0. The molecule has 2 amide bonds. The zero-order valence-electron chi connectivity index (χ0n) is 13.6. The lowest BCUT2D eigenvalue weighted by atomic mass is 10.2. The zero-order valence-corrected chi connectivity index (χ0v) is 13.6. The lowest BCUT2D eigenvalue weighted by molar-refractivity contribution is 0.262. The van der Waals surface area contributed by atoms with E-state index in [1.165, 1.54) is 12.1 Å². The number of amides is 2. The molecule has 3 aromatic rings. The number of hydrogen-bond donors (Lipinski definition) is 4. The topological polar surface area (TPSA) is 81.8 Å². The number of carbonyl (C=O) groups is 1. The highest BCUT2D eigenvalue weighted by Gasteiger charge is 2.07. The molecule has 2 aromatic carbocycles. The van der Waals surface area contributed by atoms with Gasteiger partial charge in [0.2, 0.25) is 0 Å². The monoisotopic (exact) mass is 339 g/mol. The number of nitrogens with zero attached hydrogens (tertiary/aromatic N) is 1. The molecule has 0 aliphatic rings. The quantitative estimate of drug-likeness (QED) is 0.564. The number of anilines is 3. The van der Waals surface area contributed by atoms with Crippen molar-refractivity contribution in [3.63, 3.8) is 0 Å². The highest BCUT2D eigenvalue weighted by atomic mass is 19.1. The fourth-order valence-electron chi connectivity index (χ4n) is 2.32. The number of aromatic nitrogens is 2. The van der Waals surface area contributed by atoms with E-state index in [9.17, 15) is 9.18 Å². The van der Waals surface area contributed by atoms with Gasteiger partial charge in [0.25, 0.3) is 0 Å². The maximum absolute atomic E-state index is 13.8. The van der Waals surface area contributed by atoms with Gasteiger partial charge in [-0.25, -0.2) is 9.18 Å². The molecule has 4 N–H and O–H groups in total. The van der Waals surface area contributed by atoms with Crippen LogP contribution in [0.1, 0.15) is 11.1 Å². The number of urea groups is 1. The summed E-state index contributed by atoms with van der Waals surface area (Å²) < 4.78 is 13.8. The van der Waals surface area contributed by atoms with Gasteiger partial charge in [0.15, 0.2) is 0 Å². The van der Waals surface area contributed by atoms with Crippen LogP contribution in [0.5, 0.6) is 0 Å². The molecule has 128 valence electrons. The first-order chi connectivity index (χ1) is 12.1. The fourth-order valence-corrected chi connectivity index (χ4v) is 2.32. The average Bonchev–Trinajstić information content (AvgIpc) is 3.09. The van der Waals surface area contributed by atoms with Crippen molar-refractivity contribution < 1.29 is 9.18 Å². The first kappa shape index (κ1) is 16.5. The molecule has 7 heteroatoms. The van der Waals surface area contributed by atoms with E-state index in [0.29, 0.717) is 12.2 Å². The molecule has 6 nitrogen and oxygen atoms in total. The predicted molar refractivity (Wildman–Crippen MR) is 96.1 cm³/mol. The Morgan fingerprint density at radius 3 is 2.80 bits per heavy atom. The van der Waals surface area contributed by atoms with E-state index in [2.05, 4.69) is 26.1 Å². The van der Waals surface area contributed by atoms with E-state index in [0.717, 1.165) is 16.8 Å². The molecule has 0 fully saturated rings. The van der Waals surface area contributed by atoms with Crippen molar-refractivity contribution in [1.29, 1.82) is 0 Å². The standard InChI is InChI=1S/C18H18FN5O/c1-12-5-6-17(16(19)7-12)24-18(25)23-14-4-2-3-13(8-14)9-20-15-10-21-22-11-15/h2-8,10-11,20H,9H2,1H3,(H,21,22)(H2,23,24,25). The highest BCUT2D eigenvalue weighted by Crippen LogP contribution is 2.17. The Morgan fingerprint density at radius 1 is 1.16 bits per heavy atom. The van der Waals surface area contributed by atoms with Gasteiger partial charge in [0, 0.05) is 18.4 Å². The SMILES string of the molecule is Cc1ccc(NC(=O)Nc2cccc(CNc3cn[nH]c3)c2)c(F)c1. The maximum Gasteiger partial charge on any atom is 0.323 e. The van der Waals surface area contributed by atoms with Crippen molar-refractivity contribution in [2.75, 3.05) is 16.0 Å². The van der Waals surface area contributed by atoms with Crippen LogP contribution in [0.3, 0.4) is 0 Å². The molecular weight excluding hydrogens is 321 g/mol. The van der Waals surface area contributed by atoms with Crippen LogP contribution in [0.25, 0.3) is 0 Å². The summed E-state index contributed by atoms with van der Waals surface area (Å²) in [4.78, 5) is 12.1. The molecule has 0 bridgehead atoms. The summed E-state index contributed by atoms with van der Waals surface area (Å²) in [6.07, 6.45) is 3.44. The minimum atomic E-state index is -0.498. The zero-order chi connectivity index (χ0) is 17.6. The van der Waals surface area contributed by atoms with Crippen LogP contribution in [-0.2, 0) is 6.54 Å². The number of H-pyrrole nitrogens is 1. The van der Waals surface area contributed by atoms with Gasteiger partial charge in [-0.1, -0.05) is 18.2 Å². The highest BCUT2D eigenvalue weighted by molar-refractivity contribution is 5.99. The van der Waals surface area contributed by atoms with E-state index in [1.54, 1.807) is 31.5 Å². The number of carbonyl (C=O) groups excluding carboxylic acids is 1. The van der Waals surface area contributed by atoms with Gasteiger partial charge in [0.05, 0.1) is 17.6 Å². The van der Waals surface area contributed by atoms with Crippen LogP contribution in [0.15, 0.2) is 54.9 Å². The Balaban J connectivity index is 1.60. The van der Waals surface area contributed by atoms with E-state index in [1.807, 2.05) is 18.2 Å². The second-order valence-electron chi connectivity index (χ2n) is 5.60. The van der Waals surface area contributed by atoms with Crippen molar-refractivity contribution in [1.82, 2.24) is 10.2 Å². The summed E-state index contributed by atoms with van der Waals surface area (Å²) in [5.74, 6) is -0.465. The van der Waals surface area contributed by atoms with Gasteiger partial charge in [-0.2, -0.15) is 5.10 Å². The smallest absolute Gasteiger partial charge is 0.323 e. The Morgan fingerprint density at radius 2 is 2.04 bits per heavy atom. The van der Waals surface area contributed by atoms with Crippen molar-refractivity contribution in [3.8, 4) is 0 Å². The Labute approximate surface area is 144 Å². The van der Waals surface area contributed by atoms with Gasteiger partial charge in [-0.05, 0) is 42.3 Å². The number of aromatic amines is 1. The summed E-state index contributed by atoms with van der Waals surface area (Å²) in [6, 6.07) is 11.5. The predicted octanol–water partition coefficient (Wildman–Crippen LogP) is 4.11. The largest absolute Gasteiger partial charge is 0.378 e. The lowest BCUT2D eigenvalue weighted by Crippen LogP contribution is -2.20. The number of hydrogen-bond acceptors (Lipinski definition) is 3. The molecule has 1 heterocycles. The third-order valence-electron chi connectivity index (χ3n) is 3.55. The maximum atomic E-state index is 13.8. The molecule has 0 atom stereocenters. The van der Waals surface area contributed by atoms with Crippen molar-refractivity contribution in [2.45, 2.75) is 13.5 Å². The Kier molecular flexibility index (Phi) is 4.94. The van der Waals surface area contributed by atoms with Crippen molar-refractivity contribution in [3.05, 3.63) is 71.8 Å². The summed E-state index contributed by atoms with van der Waals surface area (Å²) in [5.41, 5.74) is 3.42. The third-order valence-corrected chi connectivity index (χ3v) is 3.55. The number of nitrogens with one attached hydrogen (secondary N) is 4. The van der Waals surface area contributed by atoms with E-state index in [-0.39, 0.29) is 5.69 Å². The van der Waals surface area contributed by atoms with Crippen molar-refractivity contribution in [2.24, 2.45) is 0 Å². The first-order valence-corrected chi connectivity index (χ1v) is 7.76. The van der Waals surface area contributed by atoms with E-state index < -0.39 is 11.8 Å². The molecule has 0 spiro atoms. The normalized spacial score (nSPS) is 10.3. The third kappa shape index (κ3) is 4.57. The number of aryl methyl sites for hydroxylation is 1. The van der Waals surface area contributed by atoms with E-state index >= 15 is 0 Å². The fraction of sp³-hybridized carbons (Fsp3) is 0.111. The van der Waals surface area contributed by atoms with Crippen LogP contribution >= 0.6 is 0 Å². The Hall–Kier alpha value is -3.35. The number of benzene rings is 2. The molecule has 0 unspecified atom stereocenters.